The van der Waals surface area contributed by atoms with Crippen molar-refractivity contribution in [1.82, 2.24) is 10.2 Å². The Kier molecular flexibility index (Phi) is 8.13. The maximum Gasteiger partial charge on any atom is 0.255 e. The Morgan fingerprint density at radius 1 is 0.974 bits per heavy atom. The molecule has 1 aliphatic rings. The summed E-state index contributed by atoms with van der Waals surface area (Å²) in [7, 11) is 1.61. The number of methoxy groups -OCH3 is 1. The van der Waals surface area contributed by atoms with Crippen molar-refractivity contribution < 1.29 is 23.8 Å². The minimum absolute atomic E-state index is 0.267. The first kappa shape index (κ1) is 26.3. The van der Waals surface area contributed by atoms with Crippen LogP contribution in [0.3, 0.4) is 0 Å². The molecule has 3 aromatic carbocycles. The molecule has 1 atom stereocenters. The lowest BCUT2D eigenvalue weighted by Crippen LogP contribution is -2.43. The van der Waals surface area contributed by atoms with Crippen LogP contribution in [0.2, 0.25) is 0 Å². The molecule has 0 saturated carbocycles. The fraction of sp³-hybridized carbons (Fsp3) is 0.226. The van der Waals surface area contributed by atoms with E-state index in [2.05, 4.69) is 5.32 Å². The molecule has 2 amide bonds. The van der Waals surface area contributed by atoms with Crippen molar-refractivity contribution in [2.45, 2.75) is 26.1 Å². The zero-order valence-corrected chi connectivity index (χ0v) is 22.7. The van der Waals surface area contributed by atoms with E-state index in [0.717, 1.165) is 27.3 Å². The molecule has 4 aromatic rings. The molecule has 0 spiro atoms. The van der Waals surface area contributed by atoms with Crippen LogP contribution in [0.4, 0.5) is 0 Å². The van der Waals surface area contributed by atoms with Crippen LogP contribution in [0, 0.1) is 6.92 Å². The Morgan fingerprint density at radius 2 is 1.72 bits per heavy atom. The van der Waals surface area contributed by atoms with E-state index in [0.29, 0.717) is 36.8 Å². The van der Waals surface area contributed by atoms with Crippen molar-refractivity contribution in [2.24, 2.45) is 0 Å². The Bertz CT molecular complexity index is 1420. The number of hydrogen-bond donors (Lipinski definition) is 1. The molecule has 1 N–H and O–H groups in total. The minimum atomic E-state index is -0.855. The molecule has 0 radical (unpaired) electrons. The van der Waals surface area contributed by atoms with Crippen molar-refractivity contribution in [3.8, 4) is 17.2 Å². The number of fused-ring (bicyclic) bond motifs is 1. The molecule has 39 heavy (non-hydrogen) atoms. The summed E-state index contributed by atoms with van der Waals surface area (Å²) in [6.45, 7) is 3.47. The average molecular weight is 543 g/mol. The van der Waals surface area contributed by atoms with E-state index in [1.165, 1.54) is 0 Å². The second-order valence-corrected chi connectivity index (χ2v) is 10.3. The summed E-state index contributed by atoms with van der Waals surface area (Å²) in [5.74, 6) is 1.34. The monoisotopic (exact) mass is 542 g/mol. The molecule has 0 saturated heterocycles. The summed E-state index contributed by atoms with van der Waals surface area (Å²) in [5.41, 5.74) is 3.15. The first-order valence-corrected chi connectivity index (χ1v) is 13.6. The number of carbonyl (C=O) groups is 2. The third-order valence-corrected chi connectivity index (χ3v) is 7.40. The van der Waals surface area contributed by atoms with Crippen molar-refractivity contribution in [2.75, 3.05) is 20.3 Å². The number of hydrogen-bond acceptors (Lipinski definition) is 6. The predicted molar refractivity (Wildman–Crippen MR) is 150 cm³/mol. The van der Waals surface area contributed by atoms with Crippen LogP contribution < -0.4 is 19.5 Å². The number of benzene rings is 3. The van der Waals surface area contributed by atoms with Gasteiger partial charge in [-0.3, -0.25) is 9.59 Å². The van der Waals surface area contributed by atoms with Gasteiger partial charge in [-0.2, -0.15) is 0 Å². The summed E-state index contributed by atoms with van der Waals surface area (Å²) >= 11 is 1.55. The van der Waals surface area contributed by atoms with Gasteiger partial charge in [0, 0.05) is 17.0 Å². The van der Waals surface area contributed by atoms with Gasteiger partial charge in [0.05, 0.1) is 13.7 Å². The van der Waals surface area contributed by atoms with Crippen LogP contribution in [0.25, 0.3) is 0 Å². The van der Waals surface area contributed by atoms with Crippen LogP contribution >= 0.6 is 11.3 Å². The van der Waals surface area contributed by atoms with Crippen molar-refractivity contribution in [3.63, 3.8) is 0 Å². The molecule has 0 bridgehead atoms. The normalized spacial score (nSPS) is 12.9. The molecule has 0 aliphatic carbocycles. The van der Waals surface area contributed by atoms with Crippen molar-refractivity contribution in [3.05, 3.63) is 111 Å². The second kappa shape index (κ2) is 12.0. The molecule has 5 rings (SSSR count). The fourth-order valence-electron chi connectivity index (χ4n) is 4.44. The third-order valence-electron chi connectivity index (χ3n) is 6.54. The highest BCUT2D eigenvalue weighted by atomic mass is 32.1. The van der Waals surface area contributed by atoms with Gasteiger partial charge in [-0.15, -0.1) is 11.3 Å². The molecule has 2 heterocycles. The van der Waals surface area contributed by atoms with Crippen LogP contribution in [0.1, 0.15) is 38.0 Å². The van der Waals surface area contributed by atoms with Crippen LogP contribution in [-0.2, 0) is 17.9 Å². The van der Waals surface area contributed by atoms with Crippen LogP contribution in [0.15, 0.2) is 84.2 Å². The number of aryl methyl sites for hydroxylation is 1. The van der Waals surface area contributed by atoms with E-state index in [4.69, 9.17) is 14.2 Å². The van der Waals surface area contributed by atoms with E-state index >= 15 is 0 Å². The Morgan fingerprint density at radius 3 is 2.41 bits per heavy atom. The molecule has 1 aromatic heterocycles. The fourth-order valence-corrected chi connectivity index (χ4v) is 5.15. The van der Waals surface area contributed by atoms with Gasteiger partial charge < -0.3 is 24.4 Å². The first-order chi connectivity index (χ1) is 19.0. The van der Waals surface area contributed by atoms with Gasteiger partial charge in [0.1, 0.15) is 25.0 Å². The topological polar surface area (TPSA) is 77.1 Å². The maximum atomic E-state index is 14.1. The molecular formula is C31H30N2O5S. The van der Waals surface area contributed by atoms with Gasteiger partial charge in [-0.25, -0.2) is 0 Å². The van der Waals surface area contributed by atoms with Gasteiger partial charge in [0.15, 0.2) is 11.5 Å². The van der Waals surface area contributed by atoms with Gasteiger partial charge in [0.25, 0.3) is 5.91 Å². The smallest absolute Gasteiger partial charge is 0.255 e. The highest BCUT2D eigenvalue weighted by Gasteiger charge is 2.33. The summed E-state index contributed by atoms with van der Waals surface area (Å²) in [6, 6.07) is 23.5. The van der Waals surface area contributed by atoms with Gasteiger partial charge in [-0.1, -0.05) is 48.0 Å². The SMILES string of the molecule is COc1ccc(CNC(=O)[C@@H](c2ccc(C)cc2)N(Cc2cccs2)C(=O)c2ccc3c(c2)OCCO3)cc1. The molecule has 200 valence electrons. The van der Waals surface area contributed by atoms with Crippen LogP contribution in [0.5, 0.6) is 17.2 Å². The lowest BCUT2D eigenvalue weighted by atomic mass is 10.0. The molecule has 1 aliphatic heterocycles. The Balaban J connectivity index is 1.49. The van der Waals surface area contributed by atoms with E-state index < -0.39 is 6.04 Å². The number of ether oxygens (including phenoxy) is 3. The largest absolute Gasteiger partial charge is 0.497 e. The zero-order valence-electron chi connectivity index (χ0n) is 21.9. The summed E-state index contributed by atoms with van der Waals surface area (Å²) in [5, 5.41) is 5.02. The highest BCUT2D eigenvalue weighted by Crippen LogP contribution is 2.33. The van der Waals surface area contributed by atoms with Gasteiger partial charge >= 0.3 is 0 Å². The van der Waals surface area contributed by atoms with E-state index in [1.54, 1.807) is 41.5 Å². The first-order valence-electron chi connectivity index (χ1n) is 12.7. The molecule has 0 unspecified atom stereocenters. The third kappa shape index (κ3) is 6.23. The number of rotatable bonds is 9. The Labute approximate surface area is 231 Å². The molecule has 8 heteroatoms. The van der Waals surface area contributed by atoms with E-state index in [-0.39, 0.29) is 18.4 Å². The van der Waals surface area contributed by atoms with E-state index in [1.807, 2.05) is 73.0 Å². The molecule has 0 fully saturated rings. The summed E-state index contributed by atoms with van der Waals surface area (Å²) in [6.07, 6.45) is 0. The van der Waals surface area contributed by atoms with Gasteiger partial charge in [0.2, 0.25) is 5.91 Å². The summed E-state index contributed by atoms with van der Waals surface area (Å²) in [4.78, 5) is 30.6. The van der Waals surface area contributed by atoms with Crippen molar-refractivity contribution >= 4 is 23.2 Å². The van der Waals surface area contributed by atoms with Crippen LogP contribution in [-0.4, -0.2) is 37.0 Å². The van der Waals surface area contributed by atoms with E-state index in [9.17, 15) is 9.59 Å². The van der Waals surface area contributed by atoms with Crippen molar-refractivity contribution in [1.29, 1.82) is 0 Å². The van der Waals surface area contributed by atoms with Gasteiger partial charge in [-0.05, 0) is 59.8 Å². The molecular weight excluding hydrogens is 512 g/mol. The lowest BCUT2D eigenvalue weighted by molar-refractivity contribution is -0.126. The number of amides is 2. The number of carbonyl (C=O) groups excluding carboxylic acids is 2. The Hall–Kier alpha value is -4.30. The number of thiophene rings is 1. The highest BCUT2D eigenvalue weighted by molar-refractivity contribution is 7.09. The quantitative estimate of drug-likeness (QED) is 0.301. The number of nitrogens with one attached hydrogen (secondary N) is 1. The standard InChI is InChI=1S/C31H30N2O5S/c1-21-5-9-23(10-6-21)29(30(34)32-19-22-7-12-25(36-2)13-8-22)33(20-26-4-3-17-39-26)31(35)24-11-14-27-28(18-24)38-16-15-37-27/h3-14,17-18,29H,15-16,19-20H2,1-2H3,(H,32,34)/t29-/m1/s1. The number of nitrogens with zero attached hydrogens (tertiary/aromatic N) is 1. The maximum absolute atomic E-state index is 14.1. The second-order valence-electron chi connectivity index (χ2n) is 9.25. The lowest BCUT2D eigenvalue weighted by Gasteiger charge is -2.31. The minimum Gasteiger partial charge on any atom is -0.497 e. The summed E-state index contributed by atoms with van der Waals surface area (Å²) < 4.78 is 16.6. The predicted octanol–water partition coefficient (Wildman–Crippen LogP) is 5.54. The molecule has 7 nitrogen and oxygen atoms in total. The average Bonchev–Trinajstić information content (AvgIpc) is 3.49. The zero-order chi connectivity index (χ0) is 27.2.